The Morgan fingerprint density at radius 3 is 2.81 bits per heavy atom. The zero-order chi connectivity index (χ0) is 15.0. The second kappa shape index (κ2) is 5.64. The zero-order valence-electron chi connectivity index (χ0n) is 11.0. The third-order valence-electron chi connectivity index (χ3n) is 2.98. The lowest BCUT2D eigenvalue weighted by Crippen LogP contribution is -2.11. The fourth-order valence-electron chi connectivity index (χ4n) is 1.90. The quantitative estimate of drug-likeness (QED) is 0.701. The van der Waals surface area contributed by atoms with Gasteiger partial charge in [-0.3, -0.25) is 10.1 Å². The number of thiazole rings is 1. The fourth-order valence-corrected chi connectivity index (χ4v) is 3.19. The van der Waals surface area contributed by atoms with Crippen molar-refractivity contribution >= 4 is 55.8 Å². The lowest BCUT2D eigenvalue weighted by Gasteiger charge is -2.01. The van der Waals surface area contributed by atoms with Gasteiger partial charge in [0, 0.05) is 15.6 Å². The molecule has 0 atom stereocenters. The van der Waals surface area contributed by atoms with E-state index in [-0.39, 0.29) is 5.91 Å². The van der Waals surface area contributed by atoms with Gasteiger partial charge in [0.15, 0.2) is 5.13 Å². The molecule has 0 saturated carbocycles. The van der Waals surface area contributed by atoms with Gasteiger partial charge in [0.05, 0.1) is 10.2 Å². The number of carbonyl (C=O) groups is 1. The first-order valence-electron chi connectivity index (χ1n) is 6.16. The number of aryl methyl sites for hydroxylation is 1. The number of nitrogens with one attached hydrogen (secondary N) is 1. The number of aromatic nitrogens is 1. The average Bonchev–Trinajstić information content (AvgIpc) is 2.80. The minimum Gasteiger partial charge on any atom is -0.298 e. The molecular formula is C15H10Cl2N2OS. The Balaban J connectivity index is 1.89. The van der Waals surface area contributed by atoms with Crippen LogP contribution >= 0.6 is 34.5 Å². The highest BCUT2D eigenvalue weighted by Crippen LogP contribution is 2.30. The van der Waals surface area contributed by atoms with Gasteiger partial charge >= 0.3 is 0 Å². The predicted octanol–water partition coefficient (Wildman–Crippen LogP) is 5.16. The van der Waals surface area contributed by atoms with Crippen molar-refractivity contribution in [3.8, 4) is 0 Å². The van der Waals surface area contributed by atoms with Crippen LogP contribution in [-0.2, 0) is 0 Å². The Kier molecular flexibility index (Phi) is 3.85. The maximum absolute atomic E-state index is 12.1. The second-order valence-corrected chi connectivity index (χ2v) is 6.43. The van der Waals surface area contributed by atoms with Crippen molar-refractivity contribution in [1.29, 1.82) is 0 Å². The Bertz CT molecular complexity index is 806. The van der Waals surface area contributed by atoms with Gasteiger partial charge in [-0.25, -0.2) is 4.98 Å². The van der Waals surface area contributed by atoms with Gasteiger partial charge < -0.3 is 0 Å². The van der Waals surface area contributed by atoms with Crippen LogP contribution in [-0.4, -0.2) is 10.9 Å². The standard InChI is InChI=1S/C15H10Cl2N2OS/c1-8-5-13-12(7-11(8)17)18-15(21-13)19-14(20)9-3-2-4-10(16)6-9/h2-7H,1H3,(H,18,19,20). The van der Waals surface area contributed by atoms with Crippen molar-refractivity contribution in [2.75, 3.05) is 5.32 Å². The first kappa shape index (κ1) is 14.3. The molecule has 2 aromatic carbocycles. The van der Waals surface area contributed by atoms with E-state index in [0.29, 0.717) is 20.7 Å². The number of hydrogen-bond acceptors (Lipinski definition) is 3. The Morgan fingerprint density at radius 1 is 1.24 bits per heavy atom. The second-order valence-electron chi connectivity index (χ2n) is 4.55. The highest BCUT2D eigenvalue weighted by atomic mass is 35.5. The summed E-state index contributed by atoms with van der Waals surface area (Å²) in [5.41, 5.74) is 2.26. The van der Waals surface area contributed by atoms with Gasteiger partial charge in [-0.05, 0) is 42.8 Å². The van der Waals surface area contributed by atoms with E-state index in [9.17, 15) is 4.79 Å². The summed E-state index contributed by atoms with van der Waals surface area (Å²) in [5, 5.41) is 4.51. The van der Waals surface area contributed by atoms with Crippen LogP contribution < -0.4 is 5.32 Å². The Labute approximate surface area is 135 Å². The lowest BCUT2D eigenvalue weighted by atomic mass is 10.2. The minimum atomic E-state index is -0.237. The van der Waals surface area contributed by atoms with Crippen LogP contribution in [0.5, 0.6) is 0 Å². The number of rotatable bonds is 2. The van der Waals surface area contributed by atoms with E-state index in [2.05, 4.69) is 10.3 Å². The van der Waals surface area contributed by atoms with Crippen molar-refractivity contribution in [3.05, 3.63) is 57.6 Å². The van der Waals surface area contributed by atoms with E-state index in [1.807, 2.05) is 13.0 Å². The van der Waals surface area contributed by atoms with Crippen molar-refractivity contribution in [1.82, 2.24) is 4.98 Å². The van der Waals surface area contributed by atoms with E-state index in [1.54, 1.807) is 30.3 Å². The van der Waals surface area contributed by atoms with Crippen LogP contribution in [0.4, 0.5) is 5.13 Å². The number of anilines is 1. The molecule has 6 heteroatoms. The number of carbonyl (C=O) groups excluding carboxylic acids is 1. The van der Waals surface area contributed by atoms with E-state index in [1.165, 1.54) is 11.3 Å². The summed E-state index contributed by atoms with van der Waals surface area (Å²) >= 11 is 13.4. The highest BCUT2D eigenvalue weighted by molar-refractivity contribution is 7.22. The monoisotopic (exact) mass is 336 g/mol. The summed E-state index contributed by atoms with van der Waals surface area (Å²) < 4.78 is 0.985. The molecule has 0 aliphatic carbocycles. The van der Waals surface area contributed by atoms with Gasteiger partial charge in [0.1, 0.15) is 0 Å². The van der Waals surface area contributed by atoms with E-state index in [0.717, 1.165) is 15.8 Å². The lowest BCUT2D eigenvalue weighted by molar-refractivity contribution is 0.102. The van der Waals surface area contributed by atoms with E-state index >= 15 is 0 Å². The Morgan fingerprint density at radius 2 is 2.05 bits per heavy atom. The van der Waals surface area contributed by atoms with Crippen LogP contribution in [0.2, 0.25) is 10.0 Å². The van der Waals surface area contributed by atoms with Gasteiger partial charge in [0.25, 0.3) is 5.91 Å². The number of amides is 1. The average molecular weight is 337 g/mol. The summed E-state index contributed by atoms with van der Waals surface area (Å²) in [6.07, 6.45) is 0. The number of nitrogens with zero attached hydrogens (tertiary/aromatic N) is 1. The molecule has 1 heterocycles. The smallest absolute Gasteiger partial charge is 0.257 e. The number of hydrogen-bond donors (Lipinski definition) is 1. The molecule has 0 spiro atoms. The van der Waals surface area contributed by atoms with Crippen molar-refractivity contribution < 1.29 is 4.79 Å². The molecule has 3 rings (SSSR count). The van der Waals surface area contributed by atoms with Crippen LogP contribution in [0.15, 0.2) is 36.4 Å². The minimum absolute atomic E-state index is 0.237. The first-order chi connectivity index (χ1) is 10.0. The van der Waals surface area contributed by atoms with Crippen LogP contribution in [0.1, 0.15) is 15.9 Å². The maximum atomic E-state index is 12.1. The number of fused-ring (bicyclic) bond motifs is 1. The molecule has 0 fully saturated rings. The molecule has 3 aromatic rings. The van der Waals surface area contributed by atoms with E-state index in [4.69, 9.17) is 23.2 Å². The predicted molar refractivity (Wildman–Crippen MR) is 88.8 cm³/mol. The molecule has 0 unspecified atom stereocenters. The topological polar surface area (TPSA) is 42.0 Å². The van der Waals surface area contributed by atoms with Gasteiger partial charge in [0.2, 0.25) is 0 Å². The molecule has 0 saturated heterocycles. The van der Waals surface area contributed by atoms with Crippen LogP contribution in [0.3, 0.4) is 0 Å². The third-order valence-corrected chi connectivity index (χ3v) is 4.55. The van der Waals surface area contributed by atoms with Crippen molar-refractivity contribution in [2.45, 2.75) is 6.92 Å². The summed E-state index contributed by atoms with van der Waals surface area (Å²) in [4.78, 5) is 16.5. The molecule has 1 aromatic heterocycles. The normalized spacial score (nSPS) is 10.8. The van der Waals surface area contributed by atoms with E-state index < -0.39 is 0 Å². The van der Waals surface area contributed by atoms with Crippen LogP contribution in [0, 0.1) is 6.92 Å². The molecule has 0 bridgehead atoms. The molecule has 1 N–H and O–H groups in total. The van der Waals surface area contributed by atoms with Crippen LogP contribution in [0.25, 0.3) is 10.2 Å². The summed E-state index contributed by atoms with van der Waals surface area (Å²) in [5.74, 6) is -0.237. The third kappa shape index (κ3) is 3.02. The fraction of sp³-hybridized carbons (Fsp3) is 0.0667. The first-order valence-corrected chi connectivity index (χ1v) is 7.74. The van der Waals surface area contributed by atoms with Gasteiger partial charge in [-0.15, -0.1) is 0 Å². The zero-order valence-corrected chi connectivity index (χ0v) is 13.3. The molecule has 0 aliphatic heterocycles. The molecule has 3 nitrogen and oxygen atoms in total. The van der Waals surface area contributed by atoms with Crippen molar-refractivity contribution in [2.24, 2.45) is 0 Å². The largest absolute Gasteiger partial charge is 0.298 e. The molecule has 0 aliphatic rings. The summed E-state index contributed by atoms with van der Waals surface area (Å²) in [7, 11) is 0. The maximum Gasteiger partial charge on any atom is 0.257 e. The molecule has 1 amide bonds. The highest BCUT2D eigenvalue weighted by Gasteiger charge is 2.11. The Hall–Kier alpha value is -1.62. The molecule has 0 radical (unpaired) electrons. The van der Waals surface area contributed by atoms with Crippen molar-refractivity contribution in [3.63, 3.8) is 0 Å². The number of halogens is 2. The SMILES string of the molecule is Cc1cc2sc(NC(=O)c3cccc(Cl)c3)nc2cc1Cl. The molecule has 106 valence electrons. The molecule has 21 heavy (non-hydrogen) atoms. The number of benzene rings is 2. The van der Waals surface area contributed by atoms with Gasteiger partial charge in [-0.2, -0.15) is 0 Å². The summed E-state index contributed by atoms with van der Waals surface area (Å²) in [6.45, 7) is 1.94. The summed E-state index contributed by atoms with van der Waals surface area (Å²) in [6, 6.07) is 10.5. The molecular weight excluding hydrogens is 327 g/mol. The van der Waals surface area contributed by atoms with Gasteiger partial charge in [-0.1, -0.05) is 40.6 Å².